The molecule has 3 aromatic carbocycles. The number of benzene rings is 3. The van der Waals surface area contributed by atoms with E-state index in [0.29, 0.717) is 12.5 Å². The van der Waals surface area contributed by atoms with E-state index in [1.165, 1.54) is 21.6 Å². The summed E-state index contributed by atoms with van der Waals surface area (Å²) in [6.07, 6.45) is 0. The number of ether oxygens (including phenoxy) is 1. The standard InChI is InChI=1S/C23H19NOS/c1-17-11-13-19(14-12-17)24-23-22(16-26-20-8-3-2-4-9-20)21-10-6-5-7-18(21)15-25-23/h2-14,16H,15H2,1H3/b22-16+,24-23?. The van der Waals surface area contributed by atoms with E-state index in [-0.39, 0.29) is 0 Å². The smallest absolute Gasteiger partial charge is 0.222 e. The molecule has 0 spiro atoms. The average Bonchev–Trinajstić information content (AvgIpc) is 2.69. The fourth-order valence-electron chi connectivity index (χ4n) is 2.82. The zero-order valence-electron chi connectivity index (χ0n) is 14.6. The van der Waals surface area contributed by atoms with Crippen LogP contribution in [0.15, 0.2) is 94.2 Å². The van der Waals surface area contributed by atoms with Gasteiger partial charge in [-0.05, 0) is 47.7 Å². The molecule has 128 valence electrons. The second-order valence-electron chi connectivity index (χ2n) is 6.16. The van der Waals surface area contributed by atoms with Crippen LogP contribution in [0.1, 0.15) is 16.7 Å². The van der Waals surface area contributed by atoms with Crippen molar-refractivity contribution in [1.82, 2.24) is 0 Å². The van der Waals surface area contributed by atoms with Gasteiger partial charge in [-0.1, -0.05) is 71.9 Å². The summed E-state index contributed by atoms with van der Waals surface area (Å²) in [7, 11) is 0. The van der Waals surface area contributed by atoms with E-state index >= 15 is 0 Å². The van der Waals surface area contributed by atoms with Crippen LogP contribution in [-0.4, -0.2) is 5.90 Å². The third-order valence-electron chi connectivity index (χ3n) is 4.22. The van der Waals surface area contributed by atoms with Crippen LogP contribution >= 0.6 is 11.8 Å². The van der Waals surface area contributed by atoms with Crippen LogP contribution < -0.4 is 0 Å². The molecule has 0 atom stereocenters. The van der Waals surface area contributed by atoms with Gasteiger partial charge in [-0.2, -0.15) is 0 Å². The van der Waals surface area contributed by atoms with Crippen LogP contribution in [0.2, 0.25) is 0 Å². The molecular formula is C23H19NOS. The fraction of sp³-hybridized carbons (Fsp3) is 0.0870. The second kappa shape index (κ2) is 7.63. The van der Waals surface area contributed by atoms with Gasteiger partial charge in [0.1, 0.15) is 6.61 Å². The Morgan fingerprint density at radius 1 is 0.885 bits per heavy atom. The van der Waals surface area contributed by atoms with Crippen LogP contribution in [-0.2, 0) is 11.3 Å². The van der Waals surface area contributed by atoms with Crippen LogP contribution in [0.4, 0.5) is 5.69 Å². The molecule has 0 bridgehead atoms. The molecule has 1 heterocycles. The van der Waals surface area contributed by atoms with E-state index in [4.69, 9.17) is 9.73 Å². The quantitative estimate of drug-likeness (QED) is 0.507. The van der Waals surface area contributed by atoms with Gasteiger partial charge in [0.15, 0.2) is 0 Å². The van der Waals surface area contributed by atoms with Gasteiger partial charge in [-0.3, -0.25) is 0 Å². The van der Waals surface area contributed by atoms with Gasteiger partial charge in [-0.25, -0.2) is 4.99 Å². The van der Waals surface area contributed by atoms with Gasteiger partial charge in [0.05, 0.1) is 11.3 Å². The molecule has 0 radical (unpaired) electrons. The number of nitrogens with zero attached hydrogens (tertiary/aromatic N) is 1. The third kappa shape index (κ3) is 3.73. The molecule has 0 fully saturated rings. The van der Waals surface area contributed by atoms with Gasteiger partial charge in [0.25, 0.3) is 0 Å². The SMILES string of the molecule is Cc1ccc(N=C2OCc3ccccc3/C2=C\Sc2ccccc2)cc1. The van der Waals surface area contributed by atoms with E-state index in [2.05, 4.69) is 54.8 Å². The molecule has 0 unspecified atom stereocenters. The molecule has 3 aromatic rings. The molecular weight excluding hydrogens is 338 g/mol. The molecule has 2 nitrogen and oxygen atoms in total. The van der Waals surface area contributed by atoms with Crippen molar-refractivity contribution in [3.63, 3.8) is 0 Å². The van der Waals surface area contributed by atoms with Crippen molar-refractivity contribution in [2.24, 2.45) is 4.99 Å². The monoisotopic (exact) mass is 357 g/mol. The predicted octanol–water partition coefficient (Wildman–Crippen LogP) is 6.39. The Kier molecular flexibility index (Phi) is 4.89. The highest BCUT2D eigenvalue weighted by molar-refractivity contribution is 8.02. The first-order valence-electron chi connectivity index (χ1n) is 8.58. The lowest BCUT2D eigenvalue weighted by atomic mass is 9.99. The minimum Gasteiger partial charge on any atom is -0.472 e. The minimum atomic E-state index is 0.550. The molecule has 1 aliphatic rings. The molecule has 0 aliphatic carbocycles. The molecule has 1 aliphatic heterocycles. The van der Waals surface area contributed by atoms with Crippen molar-refractivity contribution in [2.75, 3.05) is 0 Å². The summed E-state index contributed by atoms with van der Waals surface area (Å²) in [6, 6.07) is 26.9. The predicted molar refractivity (Wildman–Crippen MR) is 110 cm³/mol. The normalized spacial score (nSPS) is 16.3. The zero-order valence-corrected chi connectivity index (χ0v) is 15.4. The summed E-state index contributed by atoms with van der Waals surface area (Å²) in [5.74, 6) is 0.677. The Morgan fingerprint density at radius 2 is 1.62 bits per heavy atom. The van der Waals surface area contributed by atoms with Gasteiger partial charge in [-0.15, -0.1) is 0 Å². The van der Waals surface area contributed by atoms with Crippen LogP contribution in [0.5, 0.6) is 0 Å². The number of aliphatic imine (C=N–C) groups is 1. The first-order valence-corrected chi connectivity index (χ1v) is 9.46. The van der Waals surface area contributed by atoms with E-state index in [0.717, 1.165) is 11.3 Å². The summed E-state index contributed by atoms with van der Waals surface area (Å²) < 4.78 is 6.01. The molecule has 26 heavy (non-hydrogen) atoms. The largest absolute Gasteiger partial charge is 0.472 e. The first kappa shape index (κ1) is 16.7. The van der Waals surface area contributed by atoms with Crippen molar-refractivity contribution >= 4 is 28.9 Å². The molecule has 0 N–H and O–H groups in total. The first-order chi connectivity index (χ1) is 12.8. The van der Waals surface area contributed by atoms with E-state index in [1.807, 2.05) is 36.4 Å². The Labute approximate surface area is 158 Å². The third-order valence-corrected chi connectivity index (χ3v) is 5.12. The van der Waals surface area contributed by atoms with E-state index in [1.54, 1.807) is 11.8 Å². The van der Waals surface area contributed by atoms with Gasteiger partial charge in [0.2, 0.25) is 5.90 Å². The highest BCUT2D eigenvalue weighted by atomic mass is 32.2. The Bertz CT molecular complexity index is 959. The Morgan fingerprint density at radius 3 is 2.42 bits per heavy atom. The van der Waals surface area contributed by atoms with Crippen LogP contribution in [0, 0.1) is 6.92 Å². The highest BCUT2D eigenvalue weighted by Gasteiger charge is 2.21. The number of fused-ring (bicyclic) bond motifs is 1. The van der Waals surface area contributed by atoms with Gasteiger partial charge >= 0.3 is 0 Å². The fourth-order valence-corrected chi connectivity index (χ4v) is 3.61. The number of aryl methyl sites for hydroxylation is 1. The number of rotatable bonds is 3. The summed E-state index contributed by atoms with van der Waals surface area (Å²) >= 11 is 1.68. The molecule has 0 saturated heterocycles. The molecule has 0 aromatic heterocycles. The zero-order chi connectivity index (χ0) is 17.8. The van der Waals surface area contributed by atoms with Crippen molar-refractivity contribution in [2.45, 2.75) is 18.4 Å². The lowest BCUT2D eigenvalue weighted by Gasteiger charge is -2.22. The Hall–Kier alpha value is -2.78. The Balaban J connectivity index is 1.74. The van der Waals surface area contributed by atoms with Crippen LogP contribution in [0.3, 0.4) is 0 Å². The topological polar surface area (TPSA) is 21.6 Å². The molecule has 0 amide bonds. The lowest BCUT2D eigenvalue weighted by molar-refractivity contribution is 0.291. The van der Waals surface area contributed by atoms with Crippen molar-refractivity contribution in [3.05, 3.63) is 101 Å². The summed E-state index contributed by atoms with van der Waals surface area (Å²) in [6.45, 7) is 2.63. The van der Waals surface area contributed by atoms with Gasteiger partial charge in [0, 0.05) is 4.90 Å². The number of hydrogen-bond donors (Lipinski definition) is 0. The highest BCUT2D eigenvalue weighted by Crippen LogP contribution is 2.33. The average molecular weight is 357 g/mol. The summed E-state index contributed by atoms with van der Waals surface area (Å²) in [4.78, 5) is 5.96. The summed E-state index contributed by atoms with van der Waals surface area (Å²) in [5, 5.41) is 2.14. The maximum absolute atomic E-state index is 6.01. The van der Waals surface area contributed by atoms with Crippen molar-refractivity contribution in [1.29, 1.82) is 0 Å². The minimum absolute atomic E-state index is 0.550. The molecule has 0 saturated carbocycles. The maximum Gasteiger partial charge on any atom is 0.222 e. The second-order valence-corrected chi connectivity index (χ2v) is 7.10. The number of thioether (sulfide) groups is 1. The molecule has 4 rings (SSSR count). The van der Waals surface area contributed by atoms with E-state index < -0.39 is 0 Å². The number of hydrogen-bond acceptors (Lipinski definition) is 3. The lowest BCUT2D eigenvalue weighted by Crippen LogP contribution is -2.15. The van der Waals surface area contributed by atoms with Crippen LogP contribution in [0.25, 0.3) is 5.57 Å². The van der Waals surface area contributed by atoms with Gasteiger partial charge < -0.3 is 4.74 Å². The van der Waals surface area contributed by atoms with Crippen molar-refractivity contribution < 1.29 is 4.74 Å². The maximum atomic E-state index is 6.01. The summed E-state index contributed by atoms with van der Waals surface area (Å²) in [5.41, 5.74) is 5.53. The van der Waals surface area contributed by atoms with Crippen molar-refractivity contribution in [3.8, 4) is 0 Å². The molecule has 3 heteroatoms. The van der Waals surface area contributed by atoms with E-state index in [9.17, 15) is 0 Å².